The number of benzene rings is 6. The number of aryl methyl sites for hydroxylation is 1. The smallest absolute Gasteiger partial charge is 0.141 e. The van der Waals surface area contributed by atoms with E-state index in [0.29, 0.717) is 45.5 Å². The minimum atomic E-state index is -0.346. The molecule has 8 rings (SSSR count). The molecule has 1 aliphatic carbocycles. The van der Waals surface area contributed by atoms with Gasteiger partial charge in [-0.2, -0.15) is 0 Å². The molecule has 6 aromatic carbocycles. The average molecular weight is 1670 g/mol. The van der Waals surface area contributed by atoms with Crippen LogP contribution in [0.15, 0.2) is 130 Å². The van der Waals surface area contributed by atoms with Crippen molar-refractivity contribution in [3.8, 4) is 5.75 Å². The van der Waals surface area contributed by atoms with E-state index in [-0.39, 0.29) is 89.5 Å². The molecule has 0 radical (unpaired) electrons. The molecule has 0 aromatic heterocycles. The summed E-state index contributed by atoms with van der Waals surface area (Å²) in [6, 6.07) is 42.1. The normalized spacial score (nSPS) is 15.7. The first-order chi connectivity index (χ1) is 50.0. The van der Waals surface area contributed by atoms with E-state index in [1.807, 2.05) is 101 Å². The molecule has 2 aliphatic rings. The van der Waals surface area contributed by atoms with Crippen molar-refractivity contribution in [2.45, 2.75) is 298 Å². The lowest BCUT2D eigenvalue weighted by atomic mass is 9.70. The topological polar surface area (TPSA) is 94.6 Å². The van der Waals surface area contributed by atoms with E-state index in [1.54, 1.807) is 6.07 Å². The molecular weight excluding hydrogens is 1530 g/mol. The number of rotatable bonds is 20. The molecule has 6 aromatic rings. The van der Waals surface area contributed by atoms with Crippen LogP contribution in [-0.4, -0.2) is 35.5 Å². The Balaban J connectivity index is 0.000000290. The van der Waals surface area contributed by atoms with Crippen LogP contribution in [-0.2, 0) is 68.9 Å². The molecule has 0 saturated heterocycles. The van der Waals surface area contributed by atoms with Crippen LogP contribution in [0.4, 0.5) is 0 Å². The van der Waals surface area contributed by atoms with Crippen LogP contribution in [0.2, 0.25) is 10.0 Å². The molecular formula is C100H146Br2Cl2O6. The molecule has 6 atom stereocenters. The maximum Gasteiger partial charge on any atom is 0.141 e. The predicted octanol–water partition coefficient (Wildman–Crippen LogP) is 29.4. The van der Waals surface area contributed by atoms with E-state index in [0.717, 1.165) is 97.5 Å². The zero-order chi connectivity index (χ0) is 83.9. The lowest BCUT2D eigenvalue weighted by Crippen LogP contribution is -2.33. The van der Waals surface area contributed by atoms with Crippen molar-refractivity contribution in [1.29, 1.82) is 0 Å². The summed E-state index contributed by atoms with van der Waals surface area (Å²) in [6.07, 6.45) is 13.3. The minimum absolute atomic E-state index is 0.0408. The first kappa shape index (κ1) is 97.6. The van der Waals surface area contributed by atoms with Gasteiger partial charge in [-0.3, -0.25) is 24.0 Å². The van der Waals surface area contributed by atoms with Crippen molar-refractivity contribution < 1.29 is 28.7 Å². The lowest BCUT2D eigenvalue weighted by molar-refractivity contribution is -0.132. The van der Waals surface area contributed by atoms with Gasteiger partial charge in [-0.05, 0) is 222 Å². The maximum absolute atomic E-state index is 13.0. The molecule has 0 saturated carbocycles. The van der Waals surface area contributed by atoms with Gasteiger partial charge in [-0.15, -0.1) is 0 Å². The van der Waals surface area contributed by atoms with Crippen molar-refractivity contribution in [3.63, 3.8) is 0 Å². The number of halogens is 4. The van der Waals surface area contributed by atoms with E-state index in [2.05, 4.69) is 254 Å². The summed E-state index contributed by atoms with van der Waals surface area (Å²) in [5, 5.41) is 3.63. The third-order valence-electron chi connectivity index (χ3n) is 20.4. The first-order valence-corrected chi connectivity index (χ1v) is 43.2. The standard InChI is InChI=1S/C22H34O.C22H30O.C20H30O2.C18H26Br2O.C18H26Cl2O/c2*1-21(2,3)15-19(20(23)22(4,5)6)14-16-11-12-17-9-7-8-10-18(17)13-16;1-19(2,3)13-16(18(21)20(4,5)6)12-14-7-8-17-15(11-14)9-10-22-17;1-17(2,3)11-13(16(21)18(4,5)6)9-12-7-8-14(19)15(20)10-12;1-17(2,3)11-13(16(21)18(4,5)6)10-12-8-7-9-14(19)15(12)20/h7-10,16,19H,11-15H2,1-6H3;7-13,19H,14-15H2,1-6H3;7-8,11,16H,9-10,12-13H2,1-6H3;7-8,10,13H,9,11H2,1-6H3;7-9,13H,10-11H2,1-6H3. The highest BCUT2D eigenvalue weighted by Crippen LogP contribution is 2.42. The Morgan fingerprint density at radius 1 is 0.373 bits per heavy atom. The molecule has 0 fully saturated rings. The molecule has 1 aliphatic heterocycles. The van der Waals surface area contributed by atoms with Crippen LogP contribution >= 0.6 is 55.1 Å². The summed E-state index contributed by atoms with van der Waals surface area (Å²) in [5.41, 5.74) is 8.31. The second kappa shape index (κ2) is 40.2. The number of fused-ring (bicyclic) bond motifs is 3. The molecule has 610 valence electrons. The molecule has 1 heterocycles. The van der Waals surface area contributed by atoms with Crippen LogP contribution in [0.3, 0.4) is 0 Å². The van der Waals surface area contributed by atoms with Gasteiger partial charge in [0.1, 0.15) is 34.7 Å². The second-order valence-corrected chi connectivity index (χ2v) is 46.0. The Labute approximate surface area is 697 Å². The Morgan fingerprint density at radius 2 is 0.745 bits per heavy atom. The summed E-state index contributed by atoms with van der Waals surface area (Å²) in [5.74, 6) is 3.90. The Morgan fingerprint density at radius 3 is 1.18 bits per heavy atom. The molecule has 0 bridgehead atoms. The monoisotopic (exact) mass is 1670 g/mol. The van der Waals surface area contributed by atoms with Gasteiger partial charge in [0.15, 0.2) is 0 Å². The lowest BCUT2D eigenvalue weighted by Gasteiger charge is -2.34. The number of hydrogen-bond acceptors (Lipinski definition) is 6. The summed E-state index contributed by atoms with van der Waals surface area (Å²) < 4.78 is 7.66. The maximum atomic E-state index is 13.0. The van der Waals surface area contributed by atoms with Crippen LogP contribution in [0.1, 0.15) is 292 Å². The summed E-state index contributed by atoms with van der Waals surface area (Å²) >= 11 is 19.4. The SMILES string of the molecule is CC(C)(C)CC(CC1CCc2ccccc2C1)C(=O)C(C)(C)C.CC(C)(C)CC(Cc1ccc(Br)c(Br)c1)C(=O)C(C)(C)C.CC(C)(C)CC(Cc1ccc2c(c1)CCO2)C(=O)C(C)(C)C.CC(C)(C)CC(Cc1ccc2ccccc2c1)C(=O)C(C)(C)C.CC(C)(C)CC(Cc1cccc(Cl)c1Cl)C(=O)C(C)(C)C. The van der Waals surface area contributed by atoms with E-state index >= 15 is 0 Å². The van der Waals surface area contributed by atoms with Gasteiger partial charge in [-0.25, -0.2) is 0 Å². The third-order valence-corrected chi connectivity index (χ3v) is 23.1. The van der Waals surface area contributed by atoms with Gasteiger partial charge in [-0.1, -0.05) is 328 Å². The number of carbonyl (C=O) groups excluding carboxylic acids is 5. The zero-order valence-corrected chi connectivity index (χ0v) is 78.8. The summed E-state index contributed by atoms with van der Waals surface area (Å²) in [4.78, 5) is 64.3. The number of Topliss-reactive ketones (excluding diaryl/α,β-unsaturated/α-hetero) is 5. The molecule has 0 N–H and O–H groups in total. The Hall–Kier alpha value is -4.73. The zero-order valence-electron chi connectivity index (χ0n) is 74.1. The molecule has 6 unspecified atom stereocenters. The number of ketones is 5. The van der Waals surface area contributed by atoms with Crippen LogP contribution in [0, 0.1) is 89.7 Å². The fourth-order valence-electron chi connectivity index (χ4n) is 15.7. The van der Waals surface area contributed by atoms with Gasteiger partial charge in [0.2, 0.25) is 0 Å². The van der Waals surface area contributed by atoms with Crippen LogP contribution in [0.5, 0.6) is 5.75 Å². The molecule has 0 spiro atoms. The first-order valence-electron chi connectivity index (χ1n) is 40.9. The third kappa shape index (κ3) is 34.8. The highest BCUT2D eigenvalue weighted by atomic mass is 79.9. The quantitative estimate of drug-likeness (QED) is 0.0756. The van der Waals surface area contributed by atoms with Crippen molar-refractivity contribution in [3.05, 3.63) is 179 Å². The highest BCUT2D eigenvalue weighted by molar-refractivity contribution is 9.13. The fraction of sp³-hybridized carbons (Fsp3) is 0.610. The second-order valence-electron chi connectivity index (χ2n) is 43.5. The van der Waals surface area contributed by atoms with Crippen molar-refractivity contribution >= 4 is 94.8 Å². The summed E-state index contributed by atoms with van der Waals surface area (Å²) in [7, 11) is 0. The highest BCUT2D eigenvalue weighted by Gasteiger charge is 2.39. The fourth-order valence-corrected chi connectivity index (χ4v) is 16.7. The van der Waals surface area contributed by atoms with Gasteiger partial charge in [0, 0.05) is 72.0 Å². The number of ether oxygens (including phenoxy) is 1. The molecule has 0 amide bonds. The van der Waals surface area contributed by atoms with E-state index in [4.69, 9.17) is 27.9 Å². The van der Waals surface area contributed by atoms with E-state index < -0.39 is 0 Å². The van der Waals surface area contributed by atoms with Crippen LogP contribution < -0.4 is 4.74 Å². The minimum Gasteiger partial charge on any atom is -0.493 e. The van der Waals surface area contributed by atoms with Crippen LogP contribution in [0.25, 0.3) is 10.8 Å². The van der Waals surface area contributed by atoms with E-state index in [1.165, 1.54) is 57.0 Å². The van der Waals surface area contributed by atoms with Crippen molar-refractivity contribution in [2.75, 3.05) is 6.61 Å². The largest absolute Gasteiger partial charge is 0.493 e. The number of carbonyl (C=O) groups is 5. The van der Waals surface area contributed by atoms with Crippen molar-refractivity contribution in [2.24, 2.45) is 89.7 Å². The predicted molar refractivity (Wildman–Crippen MR) is 479 cm³/mol. The average Bonchev–Trinajstić information content (AvgIpc) is 1.04. The van der Waals surface area contributed by atoms with Gasteiger partial charge in [0.25, 0.3) is 0 Å². The summed E-state index contributed by atoms with van der Waals surface area (Å²) in [6.45, 7) is 64.3. The number of hydrogen-bond donors (Lipinski definition) is 0. The van der Waals surface area contributed by atoms with Crippen molar-refractivity contribution in [1.82, 2.24) is 0 Å². The molecule has 10 heteroatoms. The van der Waals surface area contributed by atoms with Gasteiger partial charge >= 0.3 is 0 Å². The Bertz CT molecular complexity index is 3990. The van der Waals surface area contributed by atoms with Gasteiger partial charge < -0.3 is 4.74 Å². The molecule has 110 heavy (non-hydrogen) atoms. The van der Waals surface area contributed by atoms with E-state index in [9.17, 15) is 24.0 Å². The molecule has 6 nitrogen and oxygen atoms in total. The Kier molecular flexibility index (Phi) is 35.7. The van der Waals surface area contributed by atoms with Gasteiger partial charge in [0.05, 0.1) is 16.7 Å².